The van der Waals surface area contributed by atoms with Gasteiger partial charge < -0.3 is 4.57 Å². The summed E-state index contributed by atoms with van der Waals surface area (Å²) in [5.41, 5.74) is 0.824. The zero-order valence-corrected chi connectivity index (χ0v) is 7.03. The molecule has 0 radical (unpaired) electrons. The van der Waals surface area contributed by atoms with Gasteiger partial charge in [-0.15, -0.1) is 0 Å². The average molecular weight is 152 g/mol. The third-order valence-corrected chi connectivity index (χ3v) is 1.64. The van der Waals surface area contributed by atoms with Crippen LogP contribution in [0.5, 0.6) is 0 Å². The van der Waals surface area contributed by atoms with E-state index in [0.717, 1.165) is 5.56 Å². The van der Waals surface area contributed by atoms with Crippen molar-refractivity contribution < 1.29 is 0 Å². The summed E-state index contributed by atoms with van der Waals surface area (Å²) in [6.07, 6.45) is 3.15. The van der Waals surface area contributed by atoms with Gasteiger partial charge in [0.25, 0.3) is 5.56 Å². The second kappa shape index (κ2) is 2.86. The number of rotatable bonds is 1. The number of aromatic nitrogens is 2. The minimum atomic E-state index is 0.0509. The molecule has 60 valence electrons. The van der Waals surface area contributed by atoms with Gasteiger partial charge in [-0.05, 0) is 5.92 Å². The maximum absolute atomic E-state index is 11.3. The van der Waals surface area contributed by atoms with Crippen molar-refractivity contribution in [3.63, 3.8) is 0 Å². The quantitative estimate of drug-likeness (QED) is 0.599. The van der Waals surface area contributed by atoms with Crippen molar-refractivity contribution in [2.24, 2.45) is 7.05 Å². The fourth-order valence-electron chi connectivity index (χ4n) is 0.921. The second-order valence-electron chi connectivity index (χ2n) is 2.92. The van der Waals surface area contributed by atoms with Crippen molar-refractivity contribution >= 4 is 0 Å². The molecule has 0 bridgehead atoms. The van der Waals surface area contributed by atoms with Gasteiger partial charge in [0, 0.05) is 18.8 Å². The van der Waals surface area contributed by atoms with Crippen LogP contribution < -0.4 is 5.56 Å². The van der Waals surface area contributed by atoms with E-state index >= 15 is 0 Å². The van der Waals surface area contributed by atoms with Crippen LogP contribution in [0.2, 0.25) is 0 Å². The van der Waals surface area contributed by atoms with Crippen molar-refractivity contribution in [2.45, 2.75) is 19.8 Å². The summed E-state index contributed by atoms with van der Waals surface area (Å²) in [7, 11) is 1.71. The molecule has 0 aromatic carbocycles. The van der Waals surface area contributed by atoms with Gasteiger partial charge in [0.05, 0.1) is 6.33 Å². The lowest BCUT2D eigenvalue weighted by atomic mass is 10.1. The lowest BCUT2D eigenvalue weighted by Gasteiger charge is -2.03. The molecule has 1 rings (SSSR count). The first kappa shape index (κ1) is 7.98. The lowest BCUT2D eigenvalue weighted by Crippen LogP contribution is -2.21. The van der Waals surface area contributed by atoms with E-state index in [1.165, 1.54) is 10.9 Å². The van der Waals surface area contributed by atoms with Crippen LogP contribution >= 0.6 is 0 Å². The first-order valence-electron chi connectivity index (χ1n) is 3.63. The van der Waals surface area contributed by atoms with Crippen LogP contribution in [0.4, 0.5) is 0 Å². The largest absolute Gasteiger partial charge is 0.302 e. The molecule has 0 fully saturated rings. The molecule has 1 heterocycles. The molecule has 0 saturated carbocycles. The molecule has 1 aromatic heterocycles. The third kappa shape index (κ3) is 1.48. The topological polar surface area (TPSA) is 34.9 Å². The summed E-state index contributed by atoms with van der Waals surface area (Å²) < 4.78 is 1.50. The van der Waals surface area contributed by atoms with E-state index in [4.69, 9.17) is 0 Å². The van der Waals surface area contributed by atoms with Crippen LogP contribution in [-0.2, 0) is 7.05 Å². The normalized spacial score (nSPS) is 10.5. The van der Waals surface area contributed by atoms with E-state index in [9.17, 15) is 4.79 Å². The Bertz CT molecular complexity index is 301. The SMILES string of the molecule is CC(C)c1cncn(C)c1=O. The Balaban J connectivity index is 3.28. The molecule has 11 heavy (non-hydrogen) atoms. The number of hydrogen-bond donors (Lipinski definition) is 0. The predicted molar refractivity (Wildman–Crippen MR) is 43.6 cm³/mol. The van der Waals surface area contributed by atoms with Crippen LogP contribution in [0.15, 0.2) is 17.3 Å². The maximum Gasteiger partial charge on any atom is 0.256 e. The van der Waals surface area contributed by atoms with Gasteiger partial charge in [-0.25, -0.2) is 4.98 Å². The summed E-state index contributed by atoms with van der Waals surface area (Å²) in [4.78, 5) is 15.3. The molecule has 0 amide bonds. The fraction of sp³-hybridized carbons (Fsp3) is 0.500. The van der Waals surface area contributed by atoms with Crippen LogP contribution in [-0.4, -0.2) is 9.55 Å². The molecular formula is C8H12N2O. The Morgan fingerprint density at radius 2 is 2.18 bits per heavy atom. The summed E-state index contributed by atoms with van der Waals surface area (Å²) in [6.45, 7) is 3.97. The Hall–Kier alpha value is -1.12. The van der Waals surface area contributed by atoms with Gasteiger partial charge in [0.1, 0.15) is 0 Å². The zero-order chi connectivity index (χ0) is 8.43. The summed E-state index contributed by atoms with van der Waals surface area (Å²) >= 11 is 0. The molecule has 0 unspecified atom stereocenters. The molecule has 0 aliphatic carbocycles. The van der Waals surface area contributed by atoms with Crippen molar-refractivity contribution in [3.05, 3.63) is 28.4 Å². The van der Waals surface area contributed by atoms with Crippen LogP contribution in [0, 0.1) is 0 Å². The Morgan fingerprint density at radius 3 is 2.64 bits per heavy atom. The molecule has 0 aliphatic rings. The smallest absolute Gasteiger partial charge is 0.256 e. The molecule has 0 spiro atoms. The average Bonchev–Trinajstić information content (AvgIpc) is 1.94. The van der Waals surface area contributed by atoms with Gasteiger partial charge >= 0.3 is 0 Å². The standard InChI is InChI=1S/C8H12N2O/c1-6(2)7-4-9-5-10(3)8(7)11/h4-6H,1-3H3. The van der Waals surface area contributed by atoms with E-state index in [1.54, 1.807) is 13.2 Å². The zero-order valence-electron chi connectivity index (χ0n) is 7.03. The van der Waals surface area contributed by atoms with Crippen molar-refractivity contribution in [3.8, 4) is 0 Å². The molecule has 0 N–H and O–H groups in total. The van der Waals surface area contributed by atoms with Crippen molar-refractivity contribution in [2.75, 3.05) is 0 Å². The minimum absolute atomic E-state index is 0.0509. The molecule has 3 nitrogen and oxygen atoms in total. The van der Waals surface area contributed by atoms with Gasteiger partial charge in [-0.2, -0.15) is 0 Å². The Labute approximate surface area is 65.7 Å². The van der Waals surface area contributed by atoms with E-state index < -0.39 is 0 Å². The summed E-state index contributed by atoms with van der Waals surface area (Å²) in [5, 5.41) is 0. The lowest BCUT2D eigenvalue weighted by molar-refractivity contribution is 0.754. The van der Waals surface area contributed by atoms with Crippen LogP contribution in [0.25, 0.3) is 0 Å². The number of hydrogen-bond acceptors (Lipinski definition) is 2. The summed E-state index contributed by atoms with van der Waals surface area (Å²) in [5.74, 6) is 0.252. The van der Waals surface area contributed by atoms with Gasteiger partial charge in [0.2, 0.25) is 0 Å². The molecule has 0 saturated heterocycles. The predicted octanol–water partition coefficient (Wildman–Crippen LogP) is 0.904. The number of aryl methyl sites for hydroxylation is 1. The number of nitrogens with zero attached hydrogens (tertiary/aromatic N) is 2. The van der Waals surface area contributed by atoms with E-state index in [1.807, 2.05) is 13.8 Å². The minimum Gasteiger partial charge on any atom is -0.302 e. The second-order valence-corrected chi connectivity index (χ2v) is 2.92. The van der Waals surface area contributed by atoms with Crippen molar-refractivity contribution in [1.82, 2.24) is 9.55 Å². The van der Waals surface area contributed by atoms with E-state index in [-0.39, 0.29) is 11.5 Å². The first-order valence-corrected chi connectivity index (χ1v) is 3.63. The third-order valence-electron chi connectivity index (χ3n) is 1.64. The molecule has 0 aliphatic heterocycles. The van der Waals surface area contributed by atoms with Crippen LogP contribution in [0.3, 0.4) is 0 Å². The monoisotopic (exact) mass is 152 g/mol. The highest BCUT2D eigenvalue weighted by molar-refractivity contribution is 5.08. The van der Waals surface area contributed by atoms with E-state index in [0.29, 0.717) is 0 Å². The summed E-state index contributed by atoms with van der Waals surface area (Å²) in [6, 6.07) is 0. The van der Waals surface area contributed by atoms with E-state index in [2.05, 4.69) is 4.98 Å². The maximum atomic E-state index is 11.3. The Kier molecular flexibility index (Phi) is 2.08. The Morgan fingerprint density at radius 1 is 1.55 bits per heavy atom. The molecule has 1 aromatic rings. The van der Waals surface area contributed by atoms with Gasteiger partial charge in [-0.3, -0.25) is 4.79 Å². The highest BCUT2D eigenvalue weighted by Gasteiger charge is 2.04. The molecular weight excluding hydrogens is 140 g/mol. The fourth-order valence-corrected chi connectivity index (χ4v) is 0.921. The molecule has 0 atom stereocenters. The van der Waals surface area contributed by atoms with Crippen molar-refractivity contribution in [1.29, 1.82) is 0 Å². The first-order chi connectivity index (χ1) is 5.13. The van der Waals surface area contributed by atoms with Gasteiger partial charge in [0.15, 0.2) is 0 Å². The molecule has 3 heteroatoms. The van der Waals surface area contributed by atoms with Gasteiger partial charge in [-0.1, -0.05) is 13.8 Å². The highest BCUT2D eigenvalue weighted by atomic mass is 16.1. The highest BCUT2D eigenvalue weighted by Crippen LogP contribution is 2.05. The van der Waals surface area contributed by atoms with Crippen LogP contribution in [0.1, 0.15) is 25.3 Å².